The van der Waals surface area contributed by atoms with Crippen LogP contribution in [-0.4, -0.2) is 11.5 Å². The molecule has 1 aromatic heterocycles. The Labute approximate surface area is 148 Å². The lowest BCUT2D eigenvalue weighted by atomic mass is 10.2. The summed E-state index contributed by atoms with van der Waals surface area (Å²) in [6.07, 6.45) is 8.43. The summed E-state index contributed by atoms with van der Waals surface area (Å²) >= 11 is 0. The fourth-order valence-electron chi connectivity index (χ4n) is 2.49. The first kappa shape index (κ1) is 16.6. The molecule has 0 radical (unpaired) electrons. The van der Waals surface area contributed by atoms with Crippen LogP contribution in [0.1, 0.15) is 11.1 Å². The van der Waals surface area contributed by atoms with Crippen molar-refractivity contribution < 1.29 is 4.84 Å². The van der Waals surface area contributed by atoms with Crippen molar-refractivity contribution in [3.8, 4) is 5.75 Å². The highest BCUT2D eigenvalue weighted by atomic mass is 16.6. The van der Waals surface area contributed by atoms with Crippen molar-refractivity contribution in [2.75, 3.05) is 11.9 Å². The molecule has 0 atom stereocenters. The van der Waals surface area contributed by atoms with Crippen LogP contribution in [0.2, 0.25) is 0 Å². The fraction of sp³-hybridized carbons (Fsp3) is 0.0952. The van der Waals surface area contributed by atoms with Crippen molar-refractivity contribution >= 4 is 11.8 Å². The topological polar surface area (TPSA) is 46.2 Å². The summed E-state index contributed by atoms with van der Waals surface area (Å²) in [7, 11) is 0. The normalized spacial score (nSPS) is 12.5. The van der Waals surface area contributed by atoms with Crippen molar-refractivity contribution in [2.45, 2.75) is 6.42 Å². The van der Waals surface area contributed by atoms with Gasteiger partial charge in [0.15, 0.2) is 5.75 Å². The molecule has 2 aliphatic rings. The molecular formula is C21H21N3O. The van der Waals surface area contributed by atoms with Crippen LogP contribution in [0.5, 0.6) is 5.75 Å². The minimum absolute atomic E-state index is 0.880. The summed E-state index contributed by atoms with van der Waals surface area (Å²) in [6.45, 7) is 1.11. The van der Waals surface area contributed by atoms with E-state index in [1.807, 2.05) is 48.5 Å². The van der Waals surface area contributed by atoms with E-state index in [2.05, 4.69) is 40.0 Å². The highest BCUT2D eigenvalue weighted by molar-refractivity contribution is 5.58. The van der Waals surface area contributed by atoms with Gasteiger partial charge in [-0.2, -0.15) is 0 Å². The number of para-hydroxylation sites is 2. The molecule has 0 bridgehead atoms. The minimum atomic E-state index is 0.880. The van der Waals surface area contributed by atoms with Gasteiger partial charge in [0.05, 0.1) is 0 Å². The third kappa shape index (κ3) is 5.11. The standard InChI is InChI=1S/C8H7NO.C8H9N.C5H5N/c1-2-4-8-7(3-1)5-6-9-10-8;1-2-4-8-7(3-1)5-6-9-8;1-2-4-6-5-3-1/h1-6,9H;1-4,9H,5-6H2;1-5H. The molecule has 25 heavy (non-hydrogen) atoms. The van der Waals surface area contributed by atoms with E-state index >= 15 is 0 Å². The molecule has 4 nitrogen and oxygen atoms in total. The molecule has 0 spiro atoms. The molecule has 126 valence electrons. The van der Waals surface area contributed by atoms with Crippen LogP contribution >= 0.6 is 0 Å². The highest BCUT2D eigenvalue weighted by Crippen LogP contribution is 2.20. The van der Waals surface area contributed by atoms with Gasteiger partial charge in [0, 0.05) is 36.4 Å². The van der Waals surface area contributed by atoms with Crippen LogP contribution in [0.4, 0.5) is 5.69 Å². The Morgan fingerprint density at radius 3 is 2.36 bits per heavy atom. The molecule has 3 heterocycles. The van der Waals surface area contributed by atoms with Crippen LogP contribution in [0.15, 0.2) is 85.3 Å². The Morgan fingerprint density at radius 1 is 0.840 bits per heavy atom. The average Bonchev–Trinajstić information content (AvgIpc) is 3.19. The Bertz CT molecular complexity index is 753. The zero-order valence-corrected chi connectivity index (χ0v) is 13.9. The van der Waals surface area contributed by atoms with Crippen LogP contribution < -0.4 is 15.6 Å². The van der Waals surface area contributed by atoms with Gasteiger partial charge < -0.3 is 10.2 Å². The van der Waals surface area contributed by atoms with Gasteiger partial charge in [-0.15, -0.1) is 0 Å². The molecule has 0 unspecified atom stereocenters. The number of nitrogens with zero attached hydrogens (tertiary/aromatic N) is 1. The van der Waals surface area contributed by atoms with E-state index < -0.39 is 0 Å². The second kappa shape index (κ2) is 9.13. The number of hydrogen-bond donors (Lipinski definition) is 2. The number of nitrogens with one attached hydrogen (secondary N) is 2. The number of hydroxylamine groups is 1. The predicted octanol–water partition coefficient (Wildman–Crippen LogP) is 4.29. The van der Waals surface area contributed by atoms with Gasteiger partial charge in [0.2, 0.25) is 0 Å². The van der Waals surface area contributed by atoms with Crippen molar-refractivity contribution in [2.24, 2.45) is 0 Å². The maximum atomic E-state index is 5.09. The molecule has 2 aromatic carbocycles. The lowest BCUT2D eigenvalue weighted by Gasteiger charge is -2.11. The molecule has 0 saturated heterocycles. The maximum absolute atomic E-state index is 5.09. The minimum Gasteiger partial charge on any atom is -0.384 e. The summed E-state index contributed by atoms with van der Waals surface area (Å²) in [6, 6.07) is 22.0. The molecular weight excluding hydrogens is 310 g/mol. The Hall–Kier alpha value is -3.27. The third-order valence-electron chi connectivity index (χ3n) is 3.71. The maximum Gasteiger partial charge on any atom is 0.162 e. The number of fused-ring (bicyclic) bond motifs is 2. The summed E-state index contributed by atoms with van der Waals surface area (Å²) in [5, 5.41) is 3.30. The SMILES string of the molecule is C1=Cc2ccccc2ON1.c1ccc2c(c1)CCN2.c1ccncc1. The number of benzene rings is 2. The van der Waals surface area contributed by atoms with Gasteiger partial charge >= 0.3 is 0 Å². The second-order valence-electron chi connectivity index (χ2n) is 5.45. The molecule has 0 aliphatic carbocycles. The van der Waals surface area contributed by atoms with Crippen molar-refractivity contribution in [3.05, 3.63) is 96.5 Å². The van der Waals surface area contributed by atoms with Gasteiger partial charge in [-0.3, -0.25) is 4.98 Å². The molecule has 2 aliphatic heterocycles. The summed E-state index contributed by atoms with van der Waals surface area (Å²) < 4.78 is 0. The molecule has 5 rings (SSSR count). The second-order valence-corrected chi connectivity index (χ2v) is 5.45. The fourth-order valence-corrected chi connectivity index (χ4v) is 2.49. The van der Waals surface area contributed by atoms with E-state index in [0.29, 0.717) is 0 Å². The van der Waals surface area contributed by atoms with Crippen LogP contribution in [-0.2, 0) is 6.42 Å². The quantitative estimate of drug-likeness (QED) is 0.645. The molecule has 0 saturated carbocycles. The first-order valence-electron chi connectivity index (χ1n) is 8.28. The Balaban J connectivity index is 0.000000113. The summed E-state index contributed by atoms with van der Waals surface area (Å²) in [5.41, 5.74) is 6.55. The van der Waals surface area contributed by atoms with Gasteiger partial charge in [-0.05, 0) is 42.3 Å². The smallest absolute Gasteiger partial charge is 0.162 e. The van der Waals surface area contributed by atoms with E-state index in [0.717, 1.165) is 17.9 Å². The summed E-state index contributed by atoms with van der Waals surface area (Å²) in [4.78, 5) is 8.87. The lowest BCUT2D eigenvalue weighted by Crippen LogP contribution is -2.13. The van der Waals surface area contributed by atoms with Gasteiger partial charge in [0.25, 0.3) is 0 Å². The predicted molar refractivity (Wildman–Crippen MR) is 102 cm³/mol. The van der Waals surface area contributed by atoms with E-state index in [1.54, 1.807) is 18.6 Å². The molecule has 3 aromatic rings. The molecule has 0 amide bonds. The van der Waals surface area contributed by atoms with Crippen molar-refractivity contribution in [3.63, 3.8) is 0 Å². The number of hydrogen-bond acceptors (Lipinski definition) is 4. The molecule has 0 fully saturated rings. The van der Waals surface area contributed by atoms with Gasteiger partial charge in [0.1, 0.15) is 0 Å². The Morgan fingerprint density at radius 2 is 1.64 bits per heavy atom. The van der Waals surface area contributed by atoms with Crippen LogP contribution in [0, 0.1) is 0 Å². The van der Waals surface area contributed by atoms with Crippen LogP contribution in [0.25, 0.3) is 6.08 Å². The number of pyridine rings is 1. The summed E-state index contributed by atoms with van der Waals surface area (Å²) in [5.74, 6) is 0.880. The number of anilines is 1. The monoisotopic (exact) mass is 331 g/mol. The zero-order valence-electron chi connectivity index (χ0n) is 13.9. The van der Waals surface area contributed by atoms with Crippen molar-refractivity contribution in [1.29, 1.82) is 0 Å². The Kier molecular flexibility index (Phi) is 6.06. The lowest BCUT2D eigenvalue weighted by molar-refractivity contribution is 0.239. The number of aromatic nitrogens is 1. The van der Waals surface area contributed by atoms with Gasteiger partial charge in [-0.25, -0.2) is 5.48 Å². The average molecular weight is 331 g/mol. The third-order valence-corrected chi connectivity index (χ3v) is 3.71. The van der Waals surface area contributed by atoms with Gasteiger partial charge in [-0.1, -0.05) is 42.5 Å². The molecule has 4 heteroatoms. The van der Waals surface area contributed by atoms with E-state index in [-0.39, 0.29) is 0 Å². The highest BCUT2D eigenvalue weighted by Gasteiger charge is 2.06. The first-order valence-corrected chi connectivity index (χ1v) is 8.28. The van der Waals surface area contributed by atoms with E-state index in [1.165, 1.54) is 17.7 Å². The van der Waals surface area contributed by atoms with Crippen LogP contribution in [0.3, 0.4) is 0 Å². The van der Waals surface area contributed by atoms with E-state index in [4.69, 9.17) is 4.84 Å². The largest absolute Gasteiger partial charge is 0.384 e. The number of rotatable bonds is 0. The van der Waals surface area contributed by atoms with E-state index in [9.17, 15) is 0 Å². The first-order chi connectivity index (χ1) is 12.4. The van der Waals surface area contributed by atoms with Crippen molar-refractivity contribution in [1.82, 2.24) is 10.5 Å². The zero-order chi connectivity index (χ0) is 17.2. The molecule has 2 N–H and O–H groups in total.